The molecule has 4 nitrogen and oxygen atoms in total. The lowest BCUT2D eigenvalue weighted by atomic mass is 10.0. The van der Waals surface area contributed by atoms with E-state index in [0.717, 1.165) is 10.8 Å². The molecule has 0 bridgehead atoms. The second-order valence-corrected chi connectivity index (χ2v) is 3.62. The summed E-state index contributed by atoms with van der Waals surface area (Å²) in [4.78, 5) is 14.8. The van der Waals surface area contributed by atoms with Crippen LogP contribution in [0.25, 0.3) is 10.8 Å². The van der Waals surface area contributed by atoms with Crippen molar-refractivity contribution >= 4 is 16.7 Å². The van der Waals surface area contributed by atoms with E-state index in [4.69, 9.17) is 10.8 Å². The average molecular weight is 216 g/mol. The van der Waals surface area contributed by atoms with E-state index < -0.39 is 12.0 Å². The largest absolute Gasteiger partial charge is 0.481 e. The Hall–Kier alpha value is -1.94. The summed E-state index contributed by atoms with van der Waals surface area (Å²) in [7, 11) is 0. The zero-order valence-electron chi connectivity index (χ0n) is 8.63. The third kappa shape index (κ3) is 2.01. The normalized spacial score (nSPS) is 12.6. The zero-order chi connectivity index (χ0) is 11.5. The SMILES string of the molecule is NC(CC(=O)O)c1nccc2ccccc12. The number of pyridine rings is 1. The first-order valence-electron chi connectivity index (χ1n) is 4.99. The molecule has 0 spiro atoms. The Morgan fingerprint density at radius 2 is 2.12 bits per heavy atom. The molecular formula is C12H12N2O2. The van der Waals surface area contributed by atoms with Crippen molar-refractivity contribution in [3.8, 4) is 0 Å². The van der Waals surface area contributed by atoms with Crippen molar-refractivity contribution in [2.24, 2.45) is 5.73 Å². The predicted molar refractivity (Wildman–Crippen MR) is 60.9 cm³/mol. The maximum Gasteiger partial charge on any atom is 0.305 e. The van der Waals surface area contributed by atoms with E-state index in [0.29, 0.717) is 5.69 Å². The summed E-state index contributed by atoms with van der Waals surface area (Å²) in [6.07, 6.45) is 1.54. The van der Waals surface area contributed by atoms with Crippen LogP contribution in [-0.2, 0) is 4.79 Å². The van der Waals surface area contributed by atoms with Crippen LogP contribution in [0.2, 0.25) is 0 Å². The number of nitrogens with two attached hydrogens (primary N) is 1. The molecular weight excluding hydrogens is 204 g/mol. The molecule has 0 amide bonds. The summed E-state index contributed by atoms with van der Waals surface area (Å²) in [5, 5.41) is 10.6. The number of rotatable bonds is 3. The number of hydrogen-bond donors (Lipinski definition) is 2. The van der Waals surface area contributed by atoms with Crippen molar-refractivity contribution < 1.29 is 9.90 Å². The Kier molecular flexibility index (Phi) is 2.83. The lowest BCUT2D eigenvalue weighted by Crippen LogP contribution is -2.16. The molecule has 0 fully saturated rings. The fourth-order valence-electron chi connectivity index (χ4n) is 1.72. The van der Waals surface area contributed by atoms with Gasteiger partial charge >= 0.3 is 5.97 Å². The van der Waals surface area contributed by atoms with Gasteiger partial charge in [-0.1, -0.05) is 24.3 Å². The summed E-state index contributed by atoms with van der Waals surface area (Å²) in [5.74, 6) is -0.915. The first-order valence-corrected chi connectivity index (χ1v) is 4.99. The highest BCUT2D eigenvalue weighted by Gasteiger charge is 2.14. The van der Waals surface area contributed by atoms with Crippen molar-refractivity contribution in [2.45, 2.75) is 12.5 Å². The minimum Gasteiger partial charge on any atom is -0.481 e. The van der Waals surface area contributed by atoms with Crippen LogP contribution >= 0.6 is 0 Å². The molecule has 82 valence electrons. The van der Waals surface area contributed by atoms with Crippen LogP contribution in [-0.4, -0.2) is 16.1 Å². The molecule has 0 radical (unpaired) electrons. The van der Waals surface area contributed by atoms with E-state index >= 15 is 0 Å². The monoisotopic (exact) mass is 216 g/mol. The number of carboxylic acids is 1. The number of fused-ring (bicyclic) bond motifs is 1. The molecule has 1 aromatic carbocycles. The van der Waals surface area contributed by atoms with E-state index in [9.17, 15) is 4.79 Å². The van der Waals surface area contributed by atoms with E-state index in [1.165, 1.54) is 0 Å². The first-order chi connectivity index (χ1) is 7.68. The second kappa shape index (κ2) is 4.28. The summed E-state index contributed by atoms with van der Waals surface area (Å²) in [5.41, 5.74) is 6.46. The van der Waals surface area contributed by atoms with Crippen LogP contribution in [0.1, 0.15) is 18.2 Å². The van der Waals surface area contributed by atoms with Crippen molar-refractivity contribution in [3.63, 3.8) is 0 Å². The molecule has 0 aliphatic heterocycles. The zero-order valence-corrected chi connectivity index (χ0v) is 8.63. The molecule has 1 heterocycles. The number of benzene rings is 1. The second-order valence-electron chi connectivity index (χ2n) is 3.62. The molecule has 4 heteroatoms. The first kappa shape index (κ1) is 10.6. The van der Waals surface area contributed by atoms with E-state index in [2.05, 4.69) is 4.98 Å². The fraction of sp³-hybridized carbons (Fsp3) is 0.167. The van der Waals surface area contributed by atoms with E-state index in [1.54, 1.807) is 6.20 Å². The van der Waals surface area contributed by atoms with Crippen molar-refractivity contribution in [3.05, 3.63) is 42.2 Å². The van der Waals surface area contributed by atoms with Gasteiger partial charge in [-0.25, -0.2) is 0 Å². The van der Waals surface area contributed by atoms with Gasteiger partial charge in [0.05, 0.1) is 18.2 Å². The maximum absolute atomic E-state index is 10.6. The van der Waals surface area contributed by atoms with E-state index in [1.807, 2.05) is 30.3 Å². The number of aromatic nitrogens is 1. The van der Waals surface area contributed by atoms with Gasteiger partial charge in [0, 0.05) is 11.6 Å². The smallest absolute Gasteiger partial charge is 0.305 e. The van der Waals surface area contributed by atoms with Gasteiger partial charge in [0.25, 0.3) is 0 Å². The highest BCUT2D eigenvalue weighted by atomic mass is 16.4. The van der Waals surface area contributed by atoms with Crippen LogP contribution in [0, 0.1) is 0 Å². The summed E-state index contributed by atoms with van der Waals surface area (Å²) in [6.45, 7) is 0. The van der Waals surface area contributed by atoms with Crippen LogP contribution < -0.4 is 5.73 Å². The van der Waals surface area contributed by atoms with Gasteiger partial charge in [-0.2, -0.15) is 0 Å². The third-order valence-corrected chi connectivity index (χ3v) is 2.45. The minimum atomic E-state index is -0.915. The molecule has 0 aliphatic rings. The van der Waals surface area contributed by atoms with Crippen molar-refractivity contribution in [1.29, 1.82) is 0 Å². The molecule has 2 rings (SSSR count). The topological polar surface area (TPSA) is 76.2 Å². The van der Waals surface area contributed by atoms with Crippen molar-refractivity contribution in [1.82, 2.24) is 4.98 Å². The molecule has 0 saturated heterocycles. The van der Waals surface area contributed by atoms with Crippen molar-refractivity contribution in [2.75, 3.05) is 0 Å². The Morgan fingerprint density at radius 1 is 1.38 bits per heavy atom. The molecule has 0 saturated carbocycles. The average Bonchev–Trinajstić information content (AvgIpc) is 2.27. The van der Waals surface area contributed by atoms with Gasteiger partial charge in [-0.15, -0.1) is 0 Å². The maximum atomic E-state index is 10.6. The number of nitrogens with zero attached hydrogens (tertiary/aromatic N) is 1. The Morgan fingerprint density at radius 3 is 2.88 bits per heavy atom. The van der Waals surface area contributed by atoms with Gasteiger partial charge in [0.15, 0.2) is 0 Å². The summed E-state index contributed by atoms with van der Waals surface area (Å²) < 4.78 is 0. The number of carboxylic acid groups (broad SMARTS) is 1. The van der Waals surface area contributed by atoms with Crippen LogP contribution in [0.5, 0.6) is 0 Å². The van der Waals surface area contributed by atoms with Gasteiger partial charge in [0.1, 0.15) is 0 Å². The Balaban J connectivity index is 2.47. The predicted octanol–water partition coefficient (Wildman–Crippen LogP) is 1.71. The van der Waals surface area contributed by atoms with Crippen LogP contribution in [0.3, 0.4) is 0 Å². The van der Waals surface area contributed by atoms with Gasteiger partial charge in [0.2, 0.25) is 0 Å². The van der Waals surface area contributed by atoms with Gasteiger partial charge in [-0.05, 0) is 11.5 Å². The van der Waals surface area contributed by atoms with Crippen LogP contribution in [0.4, 0.5) is 0 Å². The fourth-order valence-corrected chi connectivity index (χ4v) is 1.72. The summed E-state index contributed by atoms with van der Waals surface area (Å²) >= 11 is 0. The highest BCUT2D eigenvalue weighted by Crippen LogP contribution is 2.22. The molecule has 0 aliphatic carbocycles. The van der Waals surface area contributed by atoms with Gasteiger partial charge in [-0.3, -0.25) is 9.78 Å². The quantitative estimate of drug-likeness (QED) is 0.818. The molecule has 1 unspecified atom stereocenters. The van der Waals surface area contributed by atoms with E-state index in [-0.39, 0.29) is 6.42 Å². The molecule has 1 aromatic heterocycles. The number of carbonyl (C=O) groups is 1. The molecule has 16 heavy (non-hydrogen) atoms. The Labute approximate surface area is 92.7 Å². The van der Waals surface area contributed by atoms with Gasteiger partial charge < -0.3 is 10.8 Å². The Bertz CT molecular complexity index is 520. The number of hydrogen-bond acceptors (Lipinski definition) is 3. The molecule has 1 atom stereocenters. The van der Waals surface area contributed by atoms with Crippen LogP contribution in [0.15, 0.2) is 36.5 Å². The minimum absolute atomic E-state index is 0.110. The standard InChI is InChI=1S/C12H12N2O2/c13-10(7-11(15)16)12-9-4-2-1-3-8(9)5-6-14-12/h1-6,10H,7,13H2,(H,15,16). The third-order valence-electron chi connectivity index (χ3n) is 2.45. The highest BCUT2D eigenvalue weighted by molar-refractivity contribution is 5.85. The summed E-state index contributed by atoms with van der Waals surface area (Å²) in [6, 6.07) is 8.99. The lowest BCUT2D eigenvalue weighted by molar-refractivity contribution is -0.137. The number of aliphatic carboxylic acids is 1. The lowest BCUT2D eigenvalue weighted by Gasteiger charge is -2.11. The molecule has 3 N–H and O–H groups in total. The molecule has 2 aromatic rings.